The van der Waals surface area contributed by atoms with Gasteiger partial charge < -0.3 is 22.1 Å². The SMILES string of the molecule is CC(C)NC(=O)CNc1cc(N)ccc1C(N)=O. The highest BCUT2D eigenvalue weighted by Gasteiger charge is 2.10. The minimum absolute atomic E-state index is 0.0575. The van der Waals surface area contributed by atoms with Gasteiger partial charge in [0.05, 0.1) is 12.1 Å². The Morgan fingerprint density at radius 1 is 1.33 bits per heavy atom. The highest BCUT2D eigenvalue weighted by atomic mass is 16.2. The summed E-state index contributed by atoms with van der Waals surface area (Å²) in [5, 5.41) is 5.58. The summed E-state index contributed by atoms with van der Waals surface area (Å²) in [5.74, 6) is -0.732. The number of benzene rings is 1. The van der Waals surface area contributed by atoms with E-state index in [1.54, 1.807) is 12.1 Å². The molecule has 0 radical (unpaired) electrons. The average Bonchev–Trinajstić information content (AvgIpc) is 2.25. The molecule has 0 aliphatic carbocycles. The number of primary amides is 1. The molecule has 0 aromatic heterocycles. The number of anilines is 2. The van der Waals surface area contributed by atoms with Crippen molar-refractivity contribution in [1.29, 1.82) is 0 Å². The van der Waals surface area contributed by atoms with Crippen molar-refractivity contribution in [2.24, 2.45) is 5.73 Å². The summed E-state index contributed by atoms with van der Waals surface area (Å²) < 4.78 is 0. The third-order valence-corrected chi connectivity index (χ3v) is 2.20. The number of hydrogen-bond donors (Lipinski definition) is 4. The van der Waals surface area contributed by atoms with Crippen LogP contribution < -0.4 is 22.1 Å². The molecule has 0 unspecified atom stereocenters. The van der Waals surface area contributed by atoms with Crippen molar-refractivity contribution in [1.82, 2.24) is 5.32 Å². The van der Waals surface area contributed by atoms with Crippen molar-refractivity contribution < 1.29 is 9.59 Å². The Morgan fingerprint density at radius 3 is 2.56 bits per heavy atom. The molecule has 0 heterocycles. The van der Waals surface area contributed by atoms with Crippen LogP contribution in [0.15, 0.2) is 18.2 Å². The van der Waals surface area contributed by atoms with Crippen molar-refractivity contribution in [2.75, 3.05) is 17.6 Å². The van der Waals surface area contributed by atoms with Crippen LogP contribution in [0.3, 0.4) is 0 Å². The molecule has 1 rings (SSSR count). The van der Waals surface area contributed by atoms with E-state index in [1.807, 2.05) is 13.8 Å². The van der Waals surface area contributed by atoms with Gasteiger partial charge in [-0.05, 0) is 32.0 Å². The second kappa shape index (κ2) is 5.90. The number of amides is 2. The van der Waals surface area contributed by atoms with Crippen LogP contribution >= 0.6 is 0 Å². The summed E-state index contributed by atoms with van der Waals surface area (Å²) >= 11 is 0. The molecule has 0 aliphatic rings. The minimum Gasteiger partial charge on any atom is -0.399 e. The molecule has 18 heavy (non-hydrogen) atoms. The molecule has 0 aliphatic heterocycles. The van der Waals surface area contributed by atoms with Gasteiger partial charge in [0.25, 0.3) is 5.91 Å². The lowest BCUT2D eigenvalue weighted by atomic mass is 10.1. The molecule has 0 spiro atoms. The summed E-state index contributed by atoms with van der Waals surface area (Å²) in [7, 11) is 0. The van der Waals surface area contributed by atoms with E-state index in [1.165, 1.54) is 6.07 Å². The summed E-state index contributed by atoms with van der Waals surface area (Å²) in [6.07, 6.45) is 0. The highest BCUT2D eigenvalue weighted by Crippen LogP contribution is 2.18. The summed E-state index contributed by atoms with van der Waals surface area (Å²) in [6.45, 7) is 3.79. The Labute approximate surface area is 106 Å². The van der Waals surface area contributed by atoms with Crippen molar-refractivity contribution in [3.8, 4) is 0 Å². The molecular weight excluding hydrogens is 232 g/mol. The van der Waals surface area contributed by atoms with Crippen molar-refractivity contribution >= 4 is 23.2 Å². The average molecular weight is 250 g/mol. The Kier molecular flexibility index (Phi) is 4.53. The van der Waals surface area contributed by atoms with E-state index in [9.17, 15) is 9.59 Å². The van der Waals surface area contributed by atoms with Crippen molar-refractivity contribution in [3.63, 3.8) is 0 Å². The van der Waals surface area contributed by atoms with Gasteiger partial charge in [-0.1, -0.05) is 0 Å². The minimum atomic E-state index is -0.568. The molecule has 0 saturated carbocycles. The first-order valence-corrected chi connectivity index (χ1v) is 5.62. The predicted octanol–water partition coefficient (Wildman–Crippen LogP) is 0.304. The van der Waals surface area contributed by atoms with Gasteiger partial charge in [0, 0.05) is 17.4 Å². The quantitative estimate of drug-likeness (QED) is 0.563. The molecule has 98 valence electrons. The maximum Gasteiger partial charge on any atom is 0.250 e. The number of carbonyl (C=O) groups is 2. The molecule has 6 heteroatoms. The third kappa shape index (κ3) is 3.97. The lowest BCUT2D eigenvalue weighted by molar-refractivity contribution is -0.119. The van der Waals surface area contributed by atoms with Crippen LogP contribution in [0.2, 0.25) is 0 Å². The second-order valence-electron chi connectivity index (χ2n) is 4.25. The highest BCUT2D eigenvalue weighted by molar-refractivity contribution is 5.99. The van der Waals surface area contributed by atoms with Crippen molar-refractivity contribution in [2.45, 2.75) is 19.9 Å². The van der Waals surface area contributed by atoms with E-state index < -0.39 is 5.91 Å². The largest absolute Gasteiger partial charge is 0.399 e. The van der Waals surface area contributed by atoms with E-state index in [-0.39, 0.29) is 18.5 Å². The molecule has 6 N–H and O–H groups in total. The van der Waals surface area contributed by atoms with E-state index in [0.29, 0.717) is 16.9 Å². The molecule has 1 aromatic rings. The van der Waals surface area contributed by atoms with Crippen LogP contribution in [-0.2, 0) is 4.79 Å². The van der Waals surface area contributed by atoms with Crippen LogP contribution in [0.25, 0.3) is 0 Å². The fourth-order valence-electron chi connectivity index (χ4n) is 1.47. The fourth-order valence-corrected chi connectivity index (χ4v) is 1.47. The van der Waals surface area contributed by atoms with Gasteiger partial charge in [0.15, 0.2) is 0 Å². The Hall–Kier alpha value is -2.24. The predicted molar refractivity (Wildman–Crippen MR) is 71.1 cm³/mol. The first-order valence-electron chi connectivity index (χ1n) is 5.62. The van der Waals surface area contributed by atoms with Gasteiger partial charge in [-0.3, -0.25) is 9.59 Å². The van der Waals surface area contributed by atoms with Gasteiger partial charge in [0.1, 0.15) is 0 Å². The fraction of sp³-hybridized carbons (Fsp3) is 0.333. The normalized spacial score (nSPS) is 10.2. The van der Waals surface area contributed by atoms with Crippen LogP contribution in [0.4, 0.5) is 11.4 Å². The molecule has 0 atom stereocenters. The summed E-state index contributed by atoms with van der Waals surface area (Å²) in [5.41, 5.74) is 12.1. The molecular formula is C12H18N4O2. The van der Waals surface area contributed by atoms with Gasteiger partial charge in [-0.2, -0.15) is 0 Å². The molecule has 2 amide bonds. The zero-order valence-corrected chi connectivity index (χ0v) is 10.5. The van der Waals surface area contributed by atoms with E-state index in [4.69, 9.17) is 11.5 Å². The number of hydrogen-bond acceptors (Lipinski definition) is 4. The second-order valence-corrected chi connectivity index (χ2v) is 4.25. The monoisotopic (exact) mass is 250 g/mol. The lowest BCUT2D eigenvalue weighted by Gasteiger charge is -2.12. The zero-order valence-electron chi connectivity index (χ0n) is 10.5. The number of nitrogen functional groups attached to an aromatic ring is 1. The lowest BCUT2D eigenvalue weighted by Crippen LogP contribution is -2.35. The Bertz CT molecular complexity index is 457. The first-order chi connectivity index (χ1) is 8.40. The number of carbonyl (C=O) groups excluding carboxylic acids is 2. The maximum absolute atomic E-state index is 11.5. The smallest absolute Gasteiger partial charge is 0.250 e. The molecule has 0 bridgehead atoms. The summed E-state index contributed by atoms with van der Waals surface area (Å²) in [6, 6.07) is 4.75. The molecule has 6 nitrogen and oxygen atoms in total. The Balaban J connectivity index is 2.74. The molecule has 0 fully saturated rings. The van der Waals surface area contributed by atoms with Crippen LogP contribution in [-0.4, -0.2) is 24.4 Å². The van der Waals surface area contributed by atoms with Crippen molar-refractivity contribution in [3.05, 3.63) is 23.8 Å². The maximum atomic E-state index is 11.5. The van der Waals surface area contributed by atoms with Gasteiger partial charge in [0.2, 0.25) is 5.91 Å². The molecule has 1 aromatic carbocycles. The van der Waals surface area contributed by atoms with Crippen LogP contribution in [0.5, 0.6) is 0 Å². The van der Waals surface area contributed by atoms with Gasteiger partial charge in [-0.25, -0.2) is 0 Å². The van der Waals surface area contributed by atoms with Crippen LogP contribution in [0, 0.1) is 0 Å². The van der Waals surface area contributed by atoms with E-state index in [0.717, 1.165) is 0 Å². The summed E-state index contributed by atoms with van der Waals surface area (Å²) in [4.78, 5) is 22.7. The topological polar surface area (TPSA) is 110 Å². The number of nitrogens with one attached hydrogen (secondary N) is 2. The van der Waals surface area contributed by atoms with E-state index >= 15 is 0 Å². The van der Waals surface area contributed by atoms with Crippen LogP contribution in [0.1, 0.15) is 24.2 Å². The van der Waals surface area contributed by atoms with Gasteiger partial charge >= 0.3 is 0 Å². The van der Waals surface area contributed by atoms with E-state index in [2.05, 4.69) is 10.6 Å². The third-order valence-electron chi connectivity index (χ3n) is 2.20. The first kappa shape index (κ1) is 13.8. The standard InChI is InChI=1S/C12H18N4O2/c1-7(2)16-11(17)6-15-10-5-8(13)3-4-9(10)12(14)18/h3-5,7,15H,6,13H2,1-2H3,(H2,14,18)(H,16,17). The number of rotatable bonds is 5. The Morgan fingerprint density at radius 2 is 2.00 bits per heavy atom. The number of nitrogens with two attached hydrogens (primary N) is 2. The van der Waals surface area contributed by atoms with Gasteiger partial charge in [-0.15, -0.1) is 0 Å². The molecule has 0 saturated heterocycles. The zero-order chi connectivity index (χ0) is 13.7.